The average molecular weight is 781 g/mol. The lowest BCUT2D eigenvalue weighted by Gasteiger charge is -2.29. The van der Waals surface area contributed by atoms with Crippen molar-refractivity contribution in [2.75, 3.05) is 34.5 Å². The van der Waals surface area contributed by atoms with E-state index in [9.17, 15) is 28.8 Å². The predicted octanol–water partition coefficient (Wildman–Crippen LogP) is 4.81. The summed E-state index contributed by atoms with van der Waals surface area (Å²) in [6.07, 6.45) is -3.15. The SMILES string of the molecule is COc1cc(CC2C(=O)OCC2C(OC(C)=O)c2ccc(OC(COC(C)=O)C(OC(C)=O)c3ccc(OC(C)=O)c(OC)c3)c(OC)c2)ccc1OC(C)=O. The Kier molecular flexibility index (Phi) is 14.6. The van der Waals surface area contributed by atoms with E-state index in [2.05, 4.69) is 0 Å². The number of benzene rings is 3. The van der Waals surface area contributed by atoms with Crippen LogP contribution in [0.3, 0.4) is 0 Å². The highest BCUT2D eigenvalue weighted by Crippen LogP contribution is 2.43. The zero-order chi connectivity index (χ0) is 41.1. The van der Waals surface area contributed by atoms with E-state index in [1.54, 1.807) is 30.3 Å². The van der Waals surface area contributed by atoms with Crippen LogP contribution in [0.1, 0.15) is 63.5 Å². The van der Waals surface area contributed by atoms with Crippen LogP contribution in [0, 0.1) is 11.8 Å². The minimum absolute atomic E-state index is 0.0566. The molecule has 1 fully saturated rings. The van der Waals surface area contributed by atoms with E-state index in [0.29, 0.717) is 22.4 Å². The van der Waals surface area contributed by atoms with Crippen LogP contribution < -0.4 is 28.4 Å². The summed E-state index contributed by atoms with van der Waals surface area (Å²) in [6, 6.07) is 14.1. The molecule has 16 nitrogen and oxygen atoms in total. The first kappa shape index (κ1) is 42.4. The molecule has 0 spiro atoms. The highest BCUT2D eigenvalue weighted by Gasteiger charge is 2.44. The van der Waals surface area contributed by atoms with Gasteiger partial charge >= 0.3 is 35.8 Å². The van der Waals surface area contributed by atoms with Gasteiger partial charge < -0.3 is 47.4 Å². The summed E-state index contributed by atoms with van der Waals surface area (Å²) in [7, 11) is 4.17. The van der Waals surface area contributed by atoms with Gasteiger partial charge in [0.2, 0.25) is 0 Å². The molecule has 16 heteroatoms. The topological polar surface area (TPSA) is 195 Å². The molecule has 4 rings (SSSR count). The largest absolute Gasteiger partial charge is 0.493 e. The van der Waals surface area contributed by atoms with Crippen molar-refractivity contribution >= 4 is 35.8 Å². The van der Waals surface area contributed by atoms with Crippen molar-refractivity contribution in [2.45, 2.75) is 59.4 Å². The van der Waals surface area contributed by atoms with E-state index in [4.69, 9.17) is 47.4 Å². The summed E-state index contributed by atoms with van der Waals surface area (Å²) in [5.41, 5.74) is 1.47. The van der Waals surface area contributed by atoms with Gasteiger partial charge in [-0.3, -0.25) is 28.8 Å². The molecular weight excluding hydrogens is 736 g/mol. The number of rotatable bonds is 17. The van der Waals surface area contributed by atoms with Crippen molar-refractivity contribution < 1.29 is 76.1 Å². The van der Waals surface area contributed by atoms with Crippen LogP contribution >= 0.6 is 0 Å². The summed E-state index contributed by atoms with van der Waals surface area (Å²) >= 11 is 0. The Morgan fingerprint density at radius 3 is 1.75 bits per heavy atom. The maximum Gasteiger partial charge on any atom is 0.309 e. The van der Waals surface area contributed by atoms with E-state index < -0.39 is 66.0 Å². The second kappa shape index (κ2) is 19.3. The Morgan fingerprint density at radius 2 is 1.18 bits per heavy atom. The Hall–Kier alpha value is -6.32. The van der Waals surface area contributed by atoms with Gasteiger partial charge in [-0.05, 0) is 53.9 Å². The van der Waals surface area contributed by atoms with Gasteiger partial charge in [-0.1, -0.05) is 18.2 Å². The van der Waals surface area contributed by atoms with Crippen LogP contribution in [0.2, 0.25) is 0 Å². The smallest absolute Gasteiger partial charge is 0.309 e. The van der Waals surface area contributed by atoms with Crippen molar-refractivity contribution in [1.82, 2.24) is 0 Å². The van der Waals surface area contributed by atoms with E-state index in [1.165, 1.54) is 80.2 Å². The first-order valence-electron chi connectivity index (χ1n) is 17.3. The molecule has 300 valence electrons. The molecule has 1 aliphatic rings. The number of esters is 6. The lowest BCUT2D eigenvalue weighted by molar-refractivity contribution is -0.157. The molecule has 1 aliphatic heterocycles. The number of hydrogen-bond donors (Lipinski definition) is 0. The van der Waals surface area contributed by atoms with Crippen molar-refractivity contribution in [3.05, 3.63) is 71.3 Å². The quantitative estimate of drug-likeness (QED) is 0.103. The van der Waals surface area contributed by atoms with E-state index >= 15 is 0 Å². The van der Waals surface area contributed by atoms with E-state index in [-0.39, 0.29) is 48.4 Å². The van der Waals surface area contributed by atoms with E-state index in [0.717, 1.165) is 0 Å². The van der Waals surface area contributed by atoms with Gasteiger partial charge in [-0.25, -0.2) is 0 Å². The first-order chi connectivity index (χ1) is 26.6. The molecular formula is C40H44O16. The third kappa shape index (κ3) is 11.1. The maximum atomic E-state index is 13.1. The fraction of sp³-hybridized carbons (Fsp3) is 0.400. The van der Waals surface area contributed by atoms with Gasteiger partial charge in [0.05, 0.1) is 33.9 Å². The molecule has 3 aromatic carbocycles. The van der Waals surface area contributed by atoms with Crippen molar-refractivity contribution in [1.29, 1.82) is 0 Å². The molecule has 3 aromatic rings. The first-order valence-corrected chi connectivity index (χ1v) is 17.3. The number of cyclic esters (lactones) is 1. The lowest BCUT2D eigenvalue weighted by Crippen LogP contribution is -2.34. The summed E-state index contributed by atoms with van der Waals surface area (Å²) in [5, 5.41) is 0. The van der Waals surface area contributed by atoms with Gasteiger partial charge in [0.25, 0.3) is 0 Å². The van der Waals surface area contributed by atoms with Crippen LogP contribution in [0.4, 0.5) is 0 Å². The Morgan fingerprint density at radius 1 is 0.643 bits per heavy atom. The van der Waals surface area contributed by atoms with Gasteiger partial charge in [-0.15, -0.1) is 0 Å². The summed E-state index contributed by atoms with van der Waals surface area (Å²) in [5.74, 6) is -3.84. The van der Waals surface area contributed by atoms with Crippen LogP contribution in [0.25, 0.3) is 0 Å². The third-order valence-corrected chi connectivity index (χ3v) is 8.50. The monoisotopic (exact) mass is 780 g/mol. The Balaban J connectivity index is 1.70. The van der Waals surface area contributed by atoms with Crippen LogP contribution in [-0.4, -0.2) is 76.5 Å². The fourth-order valence-corrected chi connectivity index (χ4v) is 6.16. The van der Waals surface area contributed by atoms with Crippen LogP contribution in [-0.2, 0) is 54.1 Å². The van der Waals surface area contributed by atoms with E-state index in [1.807, 2.05) is 0 Å². The molecule has 5 atom stereocenters. The molecule has 0 saturated carbocycles. The second-order valence-corrected chi connectivity index (χ2v) is 12.6. The minimum Gasteiger partial charge on any atom is -0.493 e. The predicted molar refractivity (Wildman–Crippen MR) is 193 cm³/mol. The number of carbonyl (C=O) groups is 6. The second-order valence-electron chi connectivity index (χ2n) is 12.6. The van der Waals surface area contributed by atoms with Gasteiger partial charge in [-0.2, -0.15) is 0 Å². The lowest BCUT2D eigenvalue weighted by atomic mass is 9.82. The Labute approximate surface area is 323 Å². The van der Waals surface area contributed by atoms with Gasteiger partial charge in [0.1, 0.15) is 12.7 Å². The molecule has 0 aliphatic carbocycles. The molecule has 0 amide bonds. The molecule has 56 heavy (non-hydrogen) atoms. The minimum atomic E-state index is -1.19. The zero-order valence-electron chi connectivity index (χ0n) is 32.2. The summed E-state index contributed by atoms with van der Waals surface area (Å²) < 4.78 is 55.6. The number of ether oxygens (including phenoxy) is 10. The number of methoxy groups -OCH3 is 3. The molecule has 0 bridgehead atoms. The number of carbonyl (C=O) groups excluding carboxylic acids is 6. The molecule has 5 unspecified atom stereocenters. The van der Waals surface area contributed by atoms with Crippen molar-refractivity contribution in [3.63, 3.8) is 0 Å². The molecule has 0 aromatic heterocycles. The molecule has 1 saturated heterocycles. The fourth-order valence-electron chi connectivity index (χ4n) is 6.16. The highest BCUT2D eigenvalue weighted by atomic mass is 16.6. The van der Waals surface area contributed by atoms with Gasteiger partial charge in [0, 0.05) is 46.1 Å². The zero-order valence-corrected chi connectivity index (χ0v) is 32.2. The van der Waals surface area contributed by atoms with Crippen LogP contribution in [0.5, 0.6) is 34.5 Å². The Bertz CT molecular complexity index is 1940. The third-order valence-electron chi connectivity index (χ3n) is 8.50. The summed E-state index contributed by atoms with van der Waals surface area (Å²) in [4.78, 5) is 73.1. The highest BCUT2D eigenvalue weighted by molar-refractivity contribution is 5.76. The normalized spacial score (nSPS) is 16.2. The summed E-state index contributed by atoms with van der Waals surface area (Å²) in [6.45, 7) is 5.72. The molecule has 0 radical (unpaired) electrons. The van der Waals surface area contributed by atoms with Crippen molar-refractivity contribution in [3.8, 4) is 34.5 Å². The van der Waals surface area contributed by atoms with Gasteiger partial charge in [0.15, 0.2) is 46.7 Å². The molecule has 1 heterocycles. The maximum absolute atomic E-state index is 13.1. The van der Waals surface area contributed by atoms with Crippen molar-refractivity contribution in [2.24, 2.45) is 11.8 Å². The number of hydrogen-bond acceptors (Lipinski definition) is 16. The molecule has 0 N–H and O–H groups in total. The van der Waals surface area contributed by atoms with Crippen LogP contribution in [0.15, 0.2) is 54.6 Å². The average Bonchev–Trinajstić information content (AvgIpc) is 3.50. The standard InChI is InChI=1S/C40H44O16/c1-21(41)50-20-37(39(55-25(5)45)28-11-13-32(53-23(3)43)35(18-28)48-7)56-33-14-10-27(17-36(33)49-8)38(54-24(4)44)30-19-51-40(46)29(30)15-26-9-12-31(52-22(2)42)34(16-26)47-6/h9-14,16-18,29-30,37-39H,15,19-20H2,1-8H3.